The number of aliphatic imine (C=N–C) groups is 1. The molecule has 1 aromatic carbocycles. The Hall–Kier alpha value is -1.96. The van der Waals surface area contributed by atoms with Crippen LogP contribution in [0.25, 0.3) is 0 Å². The number of rotatable bonds is 3. The maximum absolute atomic E-state index is 5.12. The highest BCUT2D eigenvalue weighted by atomic mass is 14.8. The number of benzene rings is 1. The molecule has 0 saturated carbocycles. The number of aromatic nitrogens is 1. The molecular formula is C20H24N2. The highest BCUT2D eigenvalue weighted by Crippen LogP contribution is 2.29. The first-order valence-electron chi connectivity index (χ1n) is 8.46. The van der Waals surface area contributed by atoms with E-state index < -0.39 is 0 Å². The predicted molar refractivity (Wildman–Crippen MR) is 93.2 cm³/mol. The quantitative estimate of drug-likeness (QED) is 0.726. The van der Waals surface area contributed by atoms with Gasteiger partial charge >= 0.3 is 0 Å². The standard InChI is InChI=1S/C20H24N2/c1-3-15-10-7-11-16(4-2)19(15)22-18-13-6-5-9-17-12-8-14-21-20(17)18/h7-8,10-12,14H,3-6,9,13H2,1-2H3. The van der Waals surface area contributed by atoms with Gasteiger partial charge in [-0.2, -0.15) is 0 Å². The molecule has 1 aliphatic carbocycles. The number of hydrogen-bond acceptors (Lipinski definition) is 2. The van der Waals surface area contributed by atoms with Crippen LogP contribution in [0.5, 0.6) is 0 Å². The summed E-state index contributed by atoms with van der Waals surface area (Å²) in [7, 11) is 0. The summed E-state index contributed by atoms with van der Waals surface area (Å²) in [6.07, 6.45) is 8.53. The Kier molecular flexibility index (Phi) is 4.67. The lowest BCUT2D eigenvalue weighted by atomic mass is 10.0. The zero-order valence-corrected chi connectivity index (χ0v) is 13.6. The van der Waals surface area contributed by atoms with Gasteiger partial charge in [-0.3, -0.25) is 9.98 Å². The summed E-state index contributed by atoms with van der Waals surface area (Å²) >= 11 is 0. The molecule has 0 radical (unpaired) electrons. The number of aryl methyl sites for hydroxylation is 3. The van der Waals surface area contributed by atoms with E-state index in [9.17, 15) is 0 Å². The first-order chi connectivity index (χ1) is 10.8. The summed E-state index contributed by atoms with van der Waals surface area (Å²) < 4.78 is 0. The molecule has 1 aromatic heterocycles. The fraction of sp³-hybridized carbons (Fsp3) is 0.400. The second-order valence-electron chi connectivity index (χ2n) is 5.91. The van der Waals surface area contributed by atoms with Gasteiger partial charge in [-0.05, 0) is 61.3 Å². The second-order valence-corrected chi connectivity index (χ2v) is 5.91. The monoisotopic (exact) mass is 292 g/mol. The summed E-state index contributed by atoms with van der Waals surface area (Å²) in [5.74, 6) is 0. The summed E-state index contributed by atoms with van der Waals surface area (Å²) in [5, 5.41) is 0. The van der Waals surface area contributed by atoms with Crippen LogP contribution in [-0.4, -0.2) is 10.7 Å². The number of hydrogen-bond donors (Lipinski definition) is 0. The van der Waals surface area contributed by atoms with Gasteiger partial charge in [-0.1, -0.05) is 38.1 Å². The molecule has 2 heteroatoms. The third-order valence-corrected chi connectivity index (χ3v) is 4.49. The van der Waals surface area contributed by atoms with Crippen LogP contribution >= 0.6 is 0 Å². The molecule has 114 valence electrons. The molecule has 0 bridgehead atoms. The summed E-state index contributed by atoms with van der Waals surface area (Å²) in [5.41, 5.74) is 7.51. The molecule has 2 nitrogen and oxygen atoms in total. The smallest absolute Gasteiger partial charge is 0.0876 e. The van der Waals surface area contributed by atoms with E-state index in [1.54, 1.807) is 0 Å². The normalized spacial score (nSPS) is 16.4. The molecule has 0 spiro atoms. The van der Waals surface area contributed by atoms with E-state index >= 15 is 0 Å². The van der Waals surface area contributed by atoms with Crippen LogP contribution in [0.2, 0.25) is 0 Å². The lowest BCUT2D eigenvalue weighted by Gasteiger charge is -2.12. The van der Waals surface area contributed by atoms with E-state index in [-0.39, 0.29) is 0 Å². The zero-order chi connectivity index (χ0) is 15.4. The molecule has 1 aliphatic rings. The van der Waals surface area contributed by atoms with E-state index in [4.69, 9.17) is 4.99 Å². The molecule has 0 amide bonds. The third kappa shape index (κ3) is 2.96. The van der Waals surface area contributed by atoms with Crippen molar-refractivity contribution in [2.24, 2.45) is 4.99 Å². The van der Waals surface area contributed by atoms with E-state index in [0.29, 0.717) is 0 Å². The highest BCUT2D eigenvalue weighted by Gasteiger charge is 2.16. The molecule has 0 aliphatic heterocycles. The van der Waals surface area contributed by atoms with E-state index in [1.807, 2.05) is 12.3 Å². The van der Waals surface area contributed by atoms with Crippen molar-refractivity contribution in [1.82, 2.24) is 4.98 Å². The molecule has 0 unspecified atom stereocenters. The SMILES string of the molecule is CCc1cccc(CC)c1N=C1CCCCc2cccnc21. The van der Waals surface area contributed by atoms with Gasteiger partial charge in [0.2, 0.25) is 0 Å². The first kappa shape index (κ1) is 15.0. The molecule has 3 rings (SSSR count). The molecule has 2 aromatic rings. The number of pyridine rings is 1. The van der Waals surface area contributed by atoms with Gasteiger partial charge in [0.1, 0.15) is 0 Å². The van der Waals surface area contributed by atoms with Crippen LogP contribution in [0.4, 0.5) is 5.69 Å². The van der Waals surface area contributed by atoms with E-state index in [2.05, 4.69) is 43.1 Å². The van der Waals surface area contributed by atoms with E-state index in [0.717, 1.165) is 31.4 Å². The third-order valence-electron chi connectivity index (χ3n) is 4.49. The fourth-order valence-electron chi connectivity index (χ4n) is 3.23. The minimum atomic E-state index is 1.02. The highest BCUT2D eigenvalue weighted by molar-refractivity contribution is 6.02. The number of para-hydroxylation sites is 1. The Bertz CT molecular complexity index is 664. The first-order valence-corrected chi connectivity index (χ1v) is 8.46. The molecule has 0 saturated heterocycles. The number of fused-ring (bicyclic) bond motifs is 1. The van der Waals surface area contributed by atoms with Crippen molar-refractivity contribution in [3.05, 3.63) is 58.9 Å². The van der Waals surface area contributed by atoms with Crippen LogP contribution in [0.3, 0.4) is 0 Å². The van der Waals surface area contributed by atoms with Crippen molar-refractivity contribution in [2.75, 3.05) is 0 Å². The van der Waals surface area contributed by atoms with Gasteiger partial charge in [-0.25, -0.2) is 0 Å². The Morgan fingerprint density at radius 2 is 1.68 bits per heavy atom. The Balaban J connectivity index is 2.13. The molecule has 0 fully saturated rings. The summed E-state index contributed by atoms with van der Waals surface area (Å²) in [6.45, 7) is 4.41. The lowest BCUT2D eigenvalue weighted by Crippen LogP contribution is -2.05. The predicted octanol–water partition coefficient (Wildman–Crippen LogP) is 5.05. The average Bonchev–Trinajstić information content (AvgIpc) is 2.77. The molecule has 0 atom stereocenters. The Labute approximate surface area is 133 Å². The minimum absolute atomic E-state index is 1.02. The number of nitrogens with zero attached hydrogens (tertiary/aromatic N) is 2. The molecular weight excluding hydrogens is 268 g/mol. The van der Waals surface area contributed by atoms with Crippen LogP contribution < -0.4 is 0 Å². The van der Waals surface area contributed by atoms with Crippen molar-refractivity contribution in [3.63, 3.8) is 0 Å². The van der Waals surface area contributed by atoms with Crippen molar-refractivity contribution < 1.29 is 0 Å². The molecule has 1 heterocycles. The lowest BCUT2D eigenvalue weighted by molar-refractivity contribution is 0.775. The average molecular weight is 292 g/mol. The van der Waals surface area contributed by atoms with Gasteiger partial charge in [0.15, 0.2) is 0 Å². The van der Waals surface area contributed by atoms with Gasteiger partial charge < -0.3 is 0 Å². The zero-order valence-electron chi connectivity index (χ0n) is 13.6. The molecule has 0 N–H and O–H groups in total. The Morgan fingerprint density at radius 3 is 2.41 bits per heavy atom. The van der Waals surface area contributed by atoms with Crippen LogP contribution in [-0.2, 0) is 19.3 Å². The van der Waals surface area contributed by atoms with Gasteiger partial charge in [0.25, 0.3) is 0 Å². The maximum atomic E-state index is 5.12. The second kappa shape index (κ2) is 6.87. The Morgan fingerprint density at radius 1 is 0.955 bits per heavy atom. The molecule has 22 heavy (non-hydrogen) atoms. The summed E-state index contributed by atoms with van der Waals surface area (Å²) in [4.78, 5) is 9.75. The largest absolute Gasteiger partial charge is 0.255 e. The van der Waals surface area contributed by atoms with Crippen molar-refractivity contribution >= 4 is 11.4 Å². The maximum Gasteiger partial charge on any atom is 0.0876 e. The van der Waals surface area contributed by atoms with Crippen LogP contribution in [0.15, 0.2) is 41.5 Å². The topological polar surface area (TPSA) is 25.2 Å². The van der Waals surface area contributed by atoms with Gasteiger partial charge in [0, 0.05) is 6.20 Å². The van der Waals surface area contributed by atoms with Crippen molar-refractivity contribution in [3.8, 4) is 0 Å². The van der Waals surface area contributed by atoms with Gasteiger partial charge in [0.05, 0.1) is 17.1 Å². The van der Waals surface area contributed by atoms with Gasteiger partial charge in [-0.15, -0.1) is 0 Å². The summed E-state index contributed by atoms with van der Waals surface area (Å²) in [6, 6.07) is 10.8. The van der Waals surface area contributed by atoms with E-state index in [1.165, 1.54) is 40.9 Å². The van der Waals surface area contributed by atoms with Crippen molar-refractivity contribution in [2.45, 2.75) is 52.4 Å². The minimum Gasteiger partial charge on any atom is -0.255 e. The van der Waals surface area contributed by atoms with Crippen LogP contribution in [0.1, 0.15) is 55.5 Å². The van der Waals surface area contributed by atoms with Crippen molar-refractivity contribution in [1.29, 1.82) is 0 Å². The van der Waals surface area contributed by atoms with Crippen LogP contribution in [0, 0.1) is 0 Å². The fourth-order valence-corrected chi connectivity index (χ4v) is 3.23.